The molecule has 3 rings (SSSR count). The van der Waals surface area contributed by atoms with Crippen molar-refractivity contribution in [3.63, 3.8) is 0 Å². The highest BCUT2D eigenvalue weighted by atomic mass is 127. The molecule has 0 aromatic heterocycles. The molecule has 2 fully saturated rings. The van der Waals surface area contributed by atoms with Gasteiger partial charge in [0.25, 0.3) is 0 Å². The van der Waals surface area contributed by atoms with Crippen LogP contribution in [0, 0.1) is 8.99 Å². The molecule has 0 atom stereocenters. The van der Waals surface area contributed by atoms with Crippen LogP contribution in [0.5, 0.6) is 0 Å². The number of hydrogen-bond donors (Lipinski definition) is 1. The second-order valence-corrected chi connectivity index (χ2v) is 7.82. The van der Waals surface area contributed by atoms with Crippen molar-refractivity contribution < 1.29 is 9.90 Å². The van der Waals surface area contributed by atoms with Gasteiger partial charge in [0.1, 0.15) is 0 Å². The van der Waals surface area contributed by atoms with Gasteiger partial charge in [-0.05, 0) is 79.3 Å². The summed E-state index contributed by atoms with van der Waals surface area (Å²) in [5.41, 5.74) is 0.552. The lowest BCUT2D eigenvalue weighted by molar-refractivity contribution is -0.133. The van der Waals surface area contributed by atoms with Gasteiger partial charge in [-0.15, -0.1) is 0 Å². The van der Waals surface area contributed by atoms with Crippen molar-refractivity contribution in [2.45, 2.75) is 44.6 Å². The fourth-order valence-corrected chi connectivity index (χ4v) is 4.58. The minimum atomic E-state index is -0.274. The molecule has 1 saturated heterocycles. The summed E-state index contributed by atoms with van der Waals surface area (Å²) in [7, 11) is 0. The van der Waals surface area contributed by atoms with E-state index in [0.29, 0.717) is 5.02 Å². The number of amides is 1. The lowest BCUT2D eigenvalue weighted by Crippen LogP contribution is -2.51. The Labute approximate surface area is 143 Å². The van der Waals surface area contributed by atoms with Crippen molar-refractivity contribution in [1.29, 1.82) is 0 Å². The van der Waals surface area contributed by atoms with E-state index in [4.69, 9.17) is 11.6 Å². The van der Waals surface area contributed by atoms with Crippen LogP contribution in [0.1, 0.15) is 38.5 Å². The smallest absolute Gasteiger partial charge is 0.233 e. The van der Waals surface area contributed by atoms with Crippen LogP contribution in [-0.2, 0) is 4.79 Å². The number of carbonyl (C=O) groups excluding carboxylic acids is 1. The lowest BCUT2D eigenvalue weighted by atomic mass is 9.68. The molecule has 1 amide bonds. The Kier molecular flexibility index (Phi) is 4.48. The van der Waals surface area contributed by atoms with Crippen LogP contribution in [0.2, 0.25) is 5.02 Å². The van der Waals surface area contributed by atoms with Crippen molar-refractivity contribution in [3.05, 3.63) is 26.8 Å². The highest BCUT2D eigenvalue weighted by Gasteiger charge is 2.46. The predicted octanol–water partition coefficient (Wildman–Crippen LogP) is 3.99. The SMILES string of the molecule is O=C1N(c2ccc(I)cc2Cl)CCCC12CCC(O)CC2. The standard InChI is InChI=1S/C16H19ClINO2/c17-13-10-11(18)2-3-14(13)19-9-1-6-16(15(19)21)7-4-12(20)5-8-16/h2-3,10,12,20H,1,4-9H2. The van der Waals surface area contributed by atoms with Crippen LogP contribution in [0.3, 0.4) is 0 Å². The van der Waals surface area contributed by atoms with E-state index >= 15 is 0 Å². The Morgan fingerprint density at radius 2 is 2.00 bits per heavy atom. The summed E-state index contributed by atoms with van der Waals surface area (Å²) in [6.07, 6.45) is 4.78. The molecule has 1 aromatic carbocycles. The van der Waals surface area contributed by atoms with Gasteiger partial charge in [-0.25, -0.2) is 0 Å². The summed E-state index contributed by atoms with van der Waals surface area (Å²) >= 11 is 8.56. The average Bonchev–Trinajstić information content (AvgIpc) is 2.46. The van der Waals surface area contributed by atoms with E-state index in [1.165, 1.54) is 0 Å². The maximum Gasteiger partial charge on any atom is 0.233 e. The van der Waals surface area contributed by atoms with Gasteiger partial charge in [0.2, 0.25) is 5.91 Å². The quantitative estimate of drug-likeness (QED) is 0.699. The molecule has 1 saturated carbocycles. The molecule has 1 heterocycles. The first-order valence-corrected chi connectivity index (χ1v) is 8.93. The first-order valence-electron chi connectivity index (χ1n) is 7.47. The number of halogens is 2. The van der Waals surface area contributed by atoms with E-state index in [0.717, 1.165) is 54.3 Å². The van der Waals surface area contributed by atoms with Crippen LogP contribution in [0.25, 0.3) is 0 Å². The molecule has 21 heavy (non-hydrogen) atoms. The highest BCUT2D eigenvalue weighted by molar-refractivity contribution is 14.1. The van der Waals surface area contributed by atoms with E-state index in [1.807, 2.05) is 23.1 Å². The molecule has 3 nitrogen and oxygen atoms in total. The number of benzene rings is 1. The van der Waals surface area contributed by atoms with Gasteiger partial charge in [0, 0.05) is 10.1 Å². The fourth-order valence-electron chi connectivity index (χ4n) is 3.62. The van der Waals surface area contributed by atoms with Crippen LogP contribution >= 0.6 is 34.2 Å². The summed E-state index contributed by atoms with van der Waals surface area (Å²) in [6, 6.07) is 5.83. The van der Waals surface area contributed by atoms with Crippen molar-refractivity contribution in [2.24, 2.45) is 5.41 Å². The molecule has 1 spiro atoms. The number of aliphatic hydroxyl groups excluding tert-OH is 1. The second kappa shape index (κ2) is 6.05. The van der Waals surface area contributed by atoms with Gasteiger partial charge in [-0.3, -0.25) is 4.79 Å². The molecular weight excluding hydrogens is 401 g/mol. The van der Waals surface area contributed by atoms with Gasteiger partial charge in [-0.2, -0.15) is 0 Å². The summed E-state index contributed by atoms with van der Waals surface area (Å²) in [6.45, 7) is 0.740. The van der Waals surface area contributed by atoms with E-state index < -0.39 is 0 Å². The Morgan fingerprint density at radius 1 is 1.29 bits per heavy atom. The van der Waals surface area contributed by atoms with Crippen LogP contribution in [0.4, 0.5) is 5.69 Å². The first kappa shape index (κ1) is 15.6. The minimum Gasteiger partial charge on any atom is -0.393 e. The maximum absolute atomic E-state index is 13.0. The molecule has 114 valence electrons. The molecule has 1 N–H and O–H groups in total. The first-order chi connectivity index (χ1) is 10.0. The molecule has 1 aliphatic heterocycles. The van der Waals surface area contributed by atoms with Gasteiger partial charge < -0.3 is 10.0 Å². The number of nitrogens with zero attached hydrogens (tertiary/aromatic N) is 1. The number of anilines is 1. The van der Waals surface area contributed by atoms with E-state index in [1.54, 1.807) is 0 Å². The summed E-state index contributed by atoms with van der Waals surface area (Å²) in [5, 5.41) is 10.4. The predicted molar refractivity (Wildman–Crippen MR) is 92.7 cm³/mol. The molecule has 0 unspecified atom stereocenters. The fraction of sp³-hybridized carbons (Fsp3) is 0.562. The normalized spacial score (nSPS) is 30.0. The molecule has 2 aliphatic rings. The highest BCUT2D eigenvalue weighted by Crippen LogP contribution is 2.46. The molecular formula is C16H19ClINO2. The van der Waals surface area contributed by atoms with Gasteiger partial charge in [0.15, 0.2) is 0 Å². The minimum absolute atomic E-state index is 0.198. The zero-order valence-electron chi connectivity index (χ0n) is 11.8. The zero-order chi connectivity index (χ0) is 15.0. The second-order valence-electron chi connectivity index (χ2n) is 6.17. The number of rotatable bonds is 1. The molecule has 0 radical (unpaired) electrons. The molecule has 1 aromatic rings. The van der Waals surface area contributed by atoms with Gasteiger partial charge in [-0.1, -0.05) is 11.6 Å². The number of carbonyl (C=O) groups is 1. The van der Waals surface area contributed by atoms with Gasteiger partial charge >= 0.3 is 0 Å². The van der Waals surface area contributed by atoms with Crippen LogP contribution in [0.15, 0.2) is 18.2 Å². The van der Waals surface area contributed by atoms with E-state index in [9.17, 15) is 9.90 Å². The third kappa shape index (κ3) is 2.94. The van der Waals surface area contributed by atoms with Crippen molar-refractivity contribution in [3.8, 4) is 0 Å². The summed E-state index contributed by atoms with van der Waals surface area (Å²) in [5.74, 6) is 0.198. The largest absolute Gasteiger partial charge is 0.393 e. The van der Waals surface area contributed by atoms with Crippen molar-refractivity contribution >= 4 is 45.8 Å². The van der Waals surface area contributed by atoms with Crippen LogP contribution in [-0.4, -0.2) is 23.7 Å². The monoisotopic (exact) mass is 419 g/mol. The third-order valence-electron chi connectivity index (χ3n) is 4.85. The average molecular weight is 420 g/mol. The topological polar surface area (TPSA) is 40.5 Å². The molecule has 5 heteroatoms. The summed E-state index contributed by atoms with van der Waals surface area (Å²) in [4.78, 5) is 14.9. The summed E-state index contributed by atoms with van der Waals surface area (Å²) < 4.78 is 1.07. The Morgan fingerprint density at radius 3 is 2.67 bits per heavy atom. The molecule has 0 bridgehead atoms. The molecule has 1 aliphatic carbocycles. The number of hydrogen-bond acceptors (Lipinski definition) is 2. The number of piperidine rings is 1. The van der Waals surface area contributed by atoms with Crippen LogP contribution < -0.4 is 4.90 Å². The van der Waals surface area contributed by atoms with E-state index in [2.05, 4.69) is 22.6 Å². The van der Waals surface area contributed by atoms with Crippen molar-refractivity contribution in [1.82, 2.24) is 0 Å². The van der Waals surface area contributed by atoms with E-state index in [-0.39, 0.29) is 17.4 Å². The number of aliphatic hydroxyl groups is 1. The third-order valence-corrected chi connectivity index (χ3v) is 5.82. The van der Waals surface area contributed by atoms with Crippen molar-refractivity contribution in [2.75, 3.05) is 11.4 Å². The maximum atomic E-state index is 13.0. The Balaban J connectivity index is 1.88. The zero-order valence-corrected chi connectivity index (χ0v) is 14.7. The Hall–Kier alpha value is -0.330. The lowest BCUT2D eigenvalue weighted by Gasteiger charge is -2.45. The van der Waals surface area contributed by atoms with Gasteiger partial charge in [0.05, 0.1) is 22.2 Å². The Bertz CT molecular complexity index is 555.